The van der Waals surface area contributed by atoms with E-state index in [1.165, 1.54) is 6.42 Å². The second kappa shape index (κ2) is 4.94. The minimum atomic E-state index is -0.932. The SMILES string of the molecule is CC(NC(=O)NC(C(=O)O)C1CC1)C1CCC1. The van der Waals surface area contributed by atoms with Gasteiger partial charge in [-0.25, -0.2) is 9.59 Å². The summed E-state index contributed by atoms with van der Waals surface area (Å²) in [6, 6.07) is -0.926. The van der Waals surface area contributed by atoms with Gasteiger partial charge in [-0.15, -0.1) is 0 Å². The van der Waals surface area contributed by atoms with Gasteiger partial charge >= 0.3 is 12.0 Å². The largest absolute Gasteiger partial charge is 0.480 e. The summed E-state index contributed by atoms with van der Waals surface area (Å²) in [6.07, 6.45) is 5.35. The molecule has 2 atom stereocenters. The molecule has 0 aromatic rings. The summed E-state index contributed by atoms with van der Waals surface area (Å²) in [5.41, 5.74) is 0. The molecule has 5 nitrogen and oxygen atoms in total. The third kappa shape index (κ3) is 3.11. The van der Waals surface area contributed by atoms with E-state index in [4.69, 9.17) is 5.11 Å². The molecule has 0 aliphatic heterocycles. The summed E-state index contributed by atoms with van der Waals surface area (Å²) < 4.78 is 0. The smallest absolute Gasteiger partial charge is 0.326 e. The van der Waals surface area contributed by atoms with Crippen LogP contribution in [0.1, 0.15) is 39.0 Å². The maximum atomic E-state index is 11.7. The van der Waals surface area contributed by atoms with Crippen LogP contribution >= 0.6 is 0 Å². The number of carboxylic acid groups (broad SMARTS) is 1. The molecule has 0 radical (unpaired) electrons. The molecule has 2 amide bonds. The van der Waals surface area contributed by atoms with Crippen LogP contribution in [-0.4, -0.2) is 29.2 Å². The number of carboxylic acids is 1. The van der Waals surface area contributed by atoms with Crippen molar-refractivity contribution in [1.82, 2.24) is 10.6 Å². The third-order valence-electron chi connectivity index (χ3n) is 3.86. The van der Waals surface area contributed by atoms with Gasteiger partial charge in [0.05, 0.1) is 0 Å². The van der Waals surface area contributed by atoms with Crippen molar-refractivity contribution in [2.24, 2.45) is 11.8 Å². The number of hydrogen-bond acceptors (Lipinski definition) is 2. The zero-order chi connectivity index (χ0) is 12.4. The van der Waals surface area contributed by atoms with E-state index < -0.39 is 12.0 Å². The Morgan fingerprint density at radius 2 is 1.76 bits per heavy atom. The van der Waals surface area contributed by atoms with Crippen molar-refractivity contribution in [1.29, 1.82) is 0 Å². The van der Waals surface area contributed by atoms with E-state index in [1.54, 1.807) is 0 Å². The zero-order valence-electron chi connectivity index (χ0n) is 10.1. The molecule has 17 heavy (non-hydrogen) atoms. The lowest BCUT2D eigenvalue weighted by Gasteiger charge is -2.32. The van der Waals surface area contributed by atoms with Crippen LogP contribution < -0.4 is 10.6 Å². The van der Waals surface area contributed by atoms with Crippen molar-refractivity contribution in [2.75, 3.05) is 0 Å². The molecule has 2 aliphatic carbocycles. The Hall–Kier alpha value is -1.26. The first kappa shape index (κ1) is 12.2. The van der Waals surface area contributed by atoms with Gasteiger partial charge in [-0.3, -0.25) is 0 Å². The van der Waals surface area contributed by atoms with Crippen LogP contribution in [0.3, 0.4) is 0 Å². The van der Waals surface area contributed by atoms with Gasteiger partial charge in [-0.1, -0.05) is 6.42 Å². The van der Waals surface area contributed by atoms with Gasteiger partial charge in [-0.2, -0.15) is 0 Å². The van der Waals surface area contributed by atoms with Crippen molar-refractivity contribution in [3.63, 3.8) is 0 Å². The van der Waals surface area contributed by atoms with Crippen LogP contribution in [0.25, 0.3) is 0 Å². The van der Waals surface area contributed by atoms with E-state index in [2.05, 4.69) is 10.6 Å². The van der Waals surface area contributed by atoms with Crippen LogP contribution in [0, 0.1) is 11.8 Å². The summed E-state index contributed by atoms with van der Waals surface area (Å²) in [6.45, 7) is 1.98. The third-order valence-corrected chi connectivity index (χ3v) is 3.86. The average Bonchev–Trinajstić information content (AvgIpc) is 2.93. The minimum absolute atomic E-state index is 0.122. The minimum Gasteiger partial charge on any atom is -0.480 e. The maximum Gasteiger partial charge on any atom is 0.326 e. The van der Waals surface area contributed by atoms with Crippen LogP contribution in [-0.2, 0) is 4.79 Å². The Balaban J connectivity index is 1.76. The molecule has 2 rings (SSSR count). The van der Waals surface area contributed by atoms with Crippen LogP contribution in [0.4, 0.5) is 4.79 Å². The summed E-state index contributed by atoms with van der Waals surface area (Å²) in [4.78, 5) is 22.6. The van der Waals surface area contributed by atoms with Crippen LogP contribution in [0.15, 0.2) is 0 Å². The van der Waals surface area contributed by atoms with Crippen LogP contribution in [0.5, 0.6) is 0 Å². The van der Waals surface area contributed by atoms with Gasteiger partial charge in [0.2, 0.25) is 0 Å². The van der Waals surface area contributed by atoms with Crippen LogP contribution in [0.2, 0.25) is 0 Å². The fraction of sp³-hybridized carbons (Fsp3) is 0.833. The van der Waals surface area contributed by atoms with Gasteiger partial charge < -0.3 is 15.7 Å². The number of carbonyl (C=O) groups is 2. The summed E-state index contributed by atoms with van der Waals surface area (Å²) in [5, 5.41) is 14.4. The molecule has 2 saturated carbocycles. The summed E-state index contributed by atoms with van der Waals surface area (Å²) in [7, 11) is 0. The number of aliphatic carboxylic acids is 1. The normalized spacial score (nSPS) is 23.4. The van der Waals surface area contributed by atoms with Crippen molar-refractivity contribution < 1.29 is 14.7 Å². The molecular formula is C12H20N2O3. The first-order chi connectivity index (χ1) is 8.08. The highest BCUT2D eigenvalue weighted by Gasteiger charge is 2.37. The molecule has 0 aromatic carbocycles. The molecule has 3 N–H and O–H groups in total. The number of urea groups is 1. The zero-order valence-corrected chi connectivity index (χ0v) is 10.1. The molecule has 2 unspecified atom stereocenters. The fourth-order valence-corrected chi connectivity index (χ4v) is 2.26. The van der Waals surface area contributed by atoms with E-state index in [-0.39, 0.29) is 18.0 Å². The van der Waals surface area contributed by atoms with E-state index in [0.29, 0.717) is 5.92 Å². The van der Waals surface area contributed by atoms with E-state index in [1.807, 2.05) is 6.92 Å². The molecule has 2 aliphatic rings. The topological polar surface area (TPSA) is 78.4 Å². The molecule has 0 heterocycles. The Morgan fingerprint density at radius 1 is 1.12 bits per heavy atom. The van der Waals surface area contributed by atoms with Crippen molar-refractivity contribution in [3.8, 4) is 0 Å². The summed E-state index contributed by atoms with van der Waals surface area (Å²) in [5.74, 6) is -0.249. The lowest BCUT2D eigenvalue weighted by Crippen LogP contribution is -2.51. The van der Waals surface area contributed by atoms with Crippen molar-refractivity contribution in [2.45, 2.75) is 51.1 Å². The number of amides is 2. The molecule has 96 valence electrons. The lowest BCUT2D eigenvalue weighted by molar-refractivity contribution is -0.139. The predicted molar refractivity (Wildman–Crippen MR) is 62.6 cm³/mol. The maximum absolute atomic E-state index is 11.7. The second-order valence-electron chi connectivity index (χ2n) is 5.25. The predicted octanol–water partition coefficient (Wildman–Crippen LogP) is 1.34. The van der Waals surface area contributed by atoms with E-state index >= 15 is 0 Å². The average molecular weight is 240 g/mol. The Bertz CT molecular complexity index is 311. The first-order valence-electron chi connectivity index (χ1n) is 6.37. The highest BCUT2D eigenvalue weighted by atomic mass is 16.4. The van der Waals surface area contributed by atoms with E-state index in [0.717, 1.165) is 25.7 Å². The van der Waals surface area contributed by atoms with Gasteiger partial charge in [-0.05, 0) is 44.4 Å². The van der Waals surface area contributed by atoms with Gasteiger partial charge in [0.1, 0.15) is 6.04 Å². The number of nitrogens with one attached hydrogen (secondary N) is 2. The lowest BCUT2D eigenvalue weighted by atomic mass is 9.80. The molecule has 2 fully saturated rings. The number of hydrogen-bond donors (Lipinski definition) is 3. The molecule has 0 bridgehead atoms. The molecule has 5 heteroatoms. The Labute approximate surface area is 101 Å². The standard InChI is InChI=1S/C12H20N2O3/c1-7(8-3-2-4-8)13-12(17)14-10(11(15)16)9-5-6-9/h7-10H,2-6H2,1H3,(H,15,16)(H2,13,14,17). The monoisotopic (exact) mass is 240 g/mol. The van der Waals surface area contributed by atoms with Gasteiger partial charge in [0.15, 0.2) is 0 Å². The number of carbonyl (C=O) groups excluding carboxylic acids is 1. The van der Waals surface area contributed by atoms with E-state index in [9.17, 15) is 9.59 Å². The highest BCUT2D eigenvalue weighted by molar-refractivity contribution is 5.83. The van der Waals surface area contributed by atoms with Gasteiger partial charge in [0.25, 0.3) is 0 Å². The molecule has 0 saturated heterocycles. The second-order valence-corrected chi connectivity index (χ2v) is 5.25. The number of rotatable bonds is 5. The quantitative estimate of drug-likeness (QED) is 0.678. The Morgan fingerprint density at radius 3 is 2.18 bits per heavy atom. The molecular weight excluding hydrogens is 220 g/mol. The van der Waals surface area contributed by atoms with Crippen molar-refractivity contribution in [3.05, 3.63) is 0 Å². The van der Waals surface area contributed by atoms with Gasteiger partial charge in [0, 0.05) is 6.04 Å². The first-order valence-corrected chi connectivity index (χ1v) is 6.37. The summed E-state index contributed by atoms with van der Waals surface area (Å²) >= 11 is 0. The fourth-order valence-electron chi connectivity index (χ4n) is 2.26. The highest BCUT2D eigenvalue weighted by Crippen LogP contribution is 2.33. The molecule has 0 aromatic heterocycles. The molecule has 0 spiro atoms. The van der Waals surface area contributed by atoms with Crippen molar-refractivity contribution >= 4 is 12.0 Å². The Kier molecular flexibility index (Phi) is 3.54.